The Morgan fingerprint density at radius 3 is 2.44 bits per heavy atom. The van der Waals surface area contributed by atoms with E-state index in [0.29, 0.717) is 0 Å². The van der Waals surface area contributed by atoms with Gasteiger partial charge in [-0.15, -0.1) is 0 Å². The number of carbonyl (C=O) groups excluding carboxylic acids is 1. The molecule has 6 heteroatoms. The van der Waals surface area contributed by atoms with Gasteiger partial charge in [-0.05, 0) is 12.1 Å². The van der Waals surface area contributed by atoms with Crippen molar-refractivity contribution in [1.29, 1.82) is 0 Å². The third-order valence-electron chi connectivity index (χ3n) is 1.79. The molecule has 0 radical (unpaired) electrons. The summed E-state index contributed by atoms with van der Waals surface area (Å²) in [5.41, 5.74) is -0.211. The van der Waals surface area contributed by atoms with Gasteiger partial charge in [-0.3, -0.25) is 4.79 Å². The van der Waals surface area contributed by atoms with Crippen LogP contribution < -0.4 is 5.32 Å². The third-order valence-corrected chi connectivity index (χ3v) is 1.79. The van der Waals surface area contributed by atoms with Crippen LogP contribution in [0, 0.1) is 5.82 Å². The Labute approximate surface area is 89.3 Å². The van der Waals surface area contributed by atoms with Gasteiger partial charge in [0, 0.05) is 0 Å². The zero-order chi connectivity index (χ0) is 12.2. The molecule has 16 heavy (non-hydrogen) atoms. The molecule has 1 aromatic carbocycles. The fourth-order valence-corrected chi connectivity index (χ4v) is 1.10. The normalized spacial score (nSPS) is 11.5. The average molecular weight is 235 g/mol. The molecule has 0 amide bonds. The lowest BCUT2D eigenvalue weighted by Gasteiger charge is -2.07. The first kappa shape index (κ1) is 12.6. The van der Waals surface area contributed by atoms with Crippen LogP contribution in [0.2, 0.25) is 0 Å². The molecule has 0 aliphatic rings. The summed E-state index contributed by atoms with van der Waals surface area (Å²) >= 11 is 0. The number of halogens is 4. The first-order valence-corrected chi connectivity index (χ1v) is 4.45. The van der Waals surface area contributed by atoms with Crippen molar-refractivity contribution in [2.45, 2.75) is 6.18 Å². The number of ketones is 1. The zero-order valence-electron chi connectivity index (χ0n) is 8.14. The zero-order valence-corrected chi connectivity index (χ0v) is 8.14. The summed E-state index contributed by atoms with van der Waals surface area (Å²) in [6.07, 6.45) is -4.38. The van der Waals surface area contributed by atoms with Gasteiger partial charge >= 0.3 is 6.18 Å². The van der Waals surface area contributed by atoms with E-state index in [1.54, 1.807) is 0 Å². The minimum Gasteiger partial charge on any atom is -0.302 e. The Balaban J connectivity index is 2.51. The van der Waals surface area contributed by atoms with E-state index in [1.807, 2.05) is 5.32 Å². The molecule has 0 saturated carbocycles. The second kappa shape index (κ2) is 5.07. The number of Topliss-reactive ketones (excluding diaryl/α,β-unsaturated/α-hetero) is 1. The maximum absolute atomic E-state index is 13.0. The highest BCUT2D eigenvalue weighted by molar-refractivity contribution is 5.97. The average Bonchev–Trinajstić information content (AvgIpc) is 2.16. The topological polar surface area (TPSA) is 29.1 Å². The van der Waals surface area contributed by atoms with Gasteiger partial charge in [0.1, 0.15) is 5.82 Å². The van der Waals surface area contributed by atoms with Gasteiger partial charge in [0.2, 0.25) is 0 Å². The van der Waals surface area contributed by atoms with Crippen molar-refractivity contribution in [3.05, 3.63) is 35.6 Å². The molecule has 0 atom stereocenters. The van der Waals surface area contributed by atoms with E-state index in [2.05, 4.69) is 0 Å². The lowest BCUT2D eigenvalue weighted by atomic mass is 10.1. The number of carbonyl (C=O) groups is 1. The number of rotatable bonds is 4. The minimum absolute atomic E-state index is 0.211. The van der Waals surface area contributed by atoms with E-state index in [0.717, 1.165) is 6.07 Å². The van der Waals surface area contributed by atoms with Crippen molar-refractivity contribution in [2.75, 3.05) is 13.1 Å². The predicted octanol–water partition coefficient (Wildman–Crippen LogP) is 2.16. The van der Waals surface area contributed by atoms with E-state index in [-0.39, 0.29) is 5.56 Å². The molecular weight excluding hydrogens is 226 g/mol. The molecule has 0 aliphatic heterocycles. The first-order valence-electron chi connectivity index (χ1n) is 4.45. The first-order chi connectivity index (χ1) is 7.40. The quantitative estimate of drug-likeness (QED) is 0.640. The Morgan fingerprint density at radius 1 is 1.25 bits per heavy atom. The standard InChI is InChI=1S/C10H9F4NO/c11-8-4-2-1-3-7(8)9(16)5-15-6-10(12,13)14/h1-4,15H,5-6H2. The Bertz CT molecular complexity index is 375. The molecule has 0 fully saturated rings. The summed E-state index contributed by atoms with van der Waals surface area (Å²) in [7, 11) is 0. The summed E-state index contributed by atoms with van der Waals surface area (Å²) in [6, 6.07) is 5.15. The summed E-state index contributed by atoms with van der Waals surface area (Å²) < 4.78 is 48.3. The van der Waals surface area contributed by atoms with Crippen LogP contribution in [0.1, 0.15) is 10.4 Å². The second-order valence-corrected chi connectivity index (χ2v) is 3.12. The van der Waals surface area contributed by atoms with Crippen LogP contribution in [-0.4, -0.2) is 25.0 Å². The lowest BCUT2D eigenvalue weighted by Crippen LogP contribution is -2.33. The number of hydrogen-bond acceptors (Lipinski definition) is 2. The number of benzene rings is 1. The molecule has 2 nitrogen and oxygen atoms in total. The van der Waals surface area contributed by atoms with Crippen LogP contribution >= 0.6 is 0 Å². The summed E-state index contributed by atoms with van der Waals surface area (Å²) in [5, 5.41) is 1.91. The smallest absolute Gasteiger partial charge is 0.302 e. The molecule has 0 aliphatic carbocycles. The molecule has 88 valence electrons. The fraction of sp³-hybridized carbons (Fsp3) is 0.300. The molecular formula is C10H9F4NO. The van der Waals surface area contributed by atoms with Crippen LogP contribution in [0.5, 0.6) is 0 Å². The Morgan fingerprint density at radius 2 is 1.88 bits per heavy atom. The highest BCUT2D eigenvalue weighted by Crippen LogP contribution is 2.12. The van der Waals surface area contributed by atoms with Crippen molar-refractivity contribution in [3.8, 4) is 0 Å². The fourth-order valence-electron chi connectivity index (χ4n) is 1.10. The van der Waals surface area contributed by atoms with Gasteiger partial charge in [-0.1, -0.05) is 12.1 Å². The SMILES string of the molecule is O=C(CNCC(F)(F)F)c1ccccc1F. The molecule has 0 aromatic heterocycles. The maximum Gasteiger partial charge on any atom is 0.401 e. The van der Waals surface area contributed by atoms with Gasteiger partial charge < -0.3 is 5.32 Å². The predicted molar refractivity (Wildman–Crippen MR) is 49.7 cm³/mol. The van der Waals surface area contributed by atoms with Gasteiger partial charge in [0.25, 0.3) is 0 Å². The van der Waals surface area contributed by atoms with E-state index >= 15 is 0 Å². The highest BCUT2D eigenvalue weighted by atomic mass is 19.4. The van der Waals surface area contributed by atoms with Crippen molar-refractivity contribution in [2.24, 2.45) is 0 Å². The molecule has 1 rings (SSSR count). The van der Waals surface area contributed by atoms with Crippen molar-refractivity contribution in [3.63, 3.8) is 0 Å². The number of hydrogen-bond donors (Lipinski definition) is 1. The minimum atomic E-state index is -4.38. The number of nitrogens with one attached hydrogen (secondary N) is 1. The monoisotopic (exact) mass is 235 g/mol. The van der Waals surface area contributed by atoms with E-state index in [4.69, 9.17) is 0 Å². The van der Waals surface area contributed by atoms with E-state index < -0.39 is 30.9 Å². The Hall–Kier alpha value is -1.43. The highest BCUT2D eigenvalue weighted by Gasteiger charge is 2.26. The van der Waals surface area contributed by atoms with Crippen LogP contribution in [0.25, 0.3) is 0 Å². The summed E-state index contributed by atoms with van der Waals surface area (Å²) in [4.78, 5) is 11.3. The van der Waals surface area contributed by atoms with Gasteiger partial charge in [-0.2, -0.15) is 13.2 Å². The van der Waals surface area contributed by atoms with Crippen LogP contribution in [0.3, 0.4) is 0 Å². The molecule has 0 spiro atoms. The van der Waals surface area contributed by atoms with Gasteiger partial charge in [0.15, 0.2) is 5.78 Å². The molecule has 0 saturated heterocycles. The van der Waals surface area contributed by atoms with E-state index in [1.165, 1.54) is 18.2 Å². The van der Waals surface area contributed by atoms with E-state index in [9.17, 15) is 22.4 Å². The van der Waals surface area contributed by atoms with Crippen molar-refractivity contribution >= 4 is 5.78 Å². The summed E-state index contributed by atoms with van der Waals surface area (Å²) in [5.74, 6) is -1.44. The third kappa shape index (κ3) is 3.98. The van der Waals surface area contributed by atoms with Crippen LogP contribution in [0.4, 0.5) is 17.6 Å². The molecule has 1 aromatic rings. The molecule has 1 N–H and O–H groups in total. The lowest BCUT2D eigenvalue weighted by molar-refractivity contribution is -0.124. The van der Waals surface area contributed by atoms with Crippen molar-refractivity contribution in [1.82, 2.24) is 5.32 Å². The Kier molecular flexibility index (Phi) is 4.00. The maximum atomic E-state index is 13.0. The summed E-state index contributed by atoms with van der Waals surface area (Å²) in [6.45, 7) is -1.81. The largest absolute Gasteiger partial charge is 0.401 e. The van der Waals surface area contributed by atoms with Crippen LogP contribution in [0.15, 0.2) is 24.3 Å². The van der Waals surface area contributed by atoms with Crippen LogP contribution in [-0.2, 0) is 0 Å². The van der Waals surface area contributed by atoms with Gasteiger partial charge in [-0.25, -0.2) is 4.39 Å². The van der Waals surface area contributed by atoms with Crippen molar-refractivity contribution < 1.29 is 22.4 Å². The van der Waals surface area contributed by atoms with Gasteiger partial charge in [0.05, 0.1) is 18.7 Å². The molecule has 0 unspecified atom stereocenters. The number of alkyl halides is 3. The molecule has 0 bridgehead atoms. The second-order valence-electron chi connectivity index (χ2n) is 3.12. The molecule has 0 heterocycles.